The second kappa shape index (κ2) is 11.6. The number of aryl methyl sites for hydroxylation is 1. The van der Waals surface area contributed by atoms with Crippen LogP contribution in [0.15, 0.2) is 64.0 Å². The minimum atomic E-state index is -3.77. The van der Waals surface area contributed by atoms with E-state index < -0.39 is 33.5 Å². The van der Waals surface area contributed by atoms with Crippen LogP contribution >= 0.6 is 15.9 Å². The van der Waals surface area contributed by atoms with Crippen LogP contribution in [0.1, 0.15) is 54.0 Å². The van der Waals surface area contributed by atoms with E-state index in [4.69, 9.17) is 4.74 Å². The minimum absolute atomic E-state index is 0.0914. The van der Waals surface area contributed by atoms with Gasteiger partial charge in [-0.1, -0.05) is 47.1 Å². The molecule has 0 saturated heterocycles. The molecule has 0 saturated carbocycles. The molecule has 3 aromatic rings. The fourth-order valence-electron chi connectivity index (χ4n) is 4.98. The number of sulfonamides is 1. The van der Waals surface area contributed by atoms with Crippen LogP contribution in [0.5, 0.6) is 0 Å². The lowest BCUT2D eigenvalue weighted by molar-refractivity contribution is -0.143. The molecule has 4 rings (SSSR count). The zero-order valence-corrected chi connectivity index (χ0v) is 23.9. The molecule has 2 unspecified atom stereocenters. The van der Waals surface area contributed by atoms with Crippen molar-refractivity contribution in [3.8, 4) is 0 Å². The van der Waals surface area contributed by atoms with Crippen molar-refractivity contribution < 1.29 is 26.7 Å². The lowest BCUT2D eigenvalue weighted by atomic mass is 9.86. The molecule has 38 heavy (non-hydrogen) atoms. The van der Waals surface area contributed by atoms with Gasteiger partial charge in [0.2, 0.25) is 10.0 Å². The molecule has 202 valence electrons. The normalized spacial score (nSPS) is 17.9. The maximum atomic E-state index is 14.9. The van der Waals surface area contributed by atoms with Gasteiger partial charge in [0.05, 0.1) is 17.9 Å². The molecule has 0 amide bonds. The molecule has 0 aromatic heterocycles. The Labute approximate surface area is 231 Å². The number of fused-ring (bicyclic) bond motifs is 1. The van der Waals surface area contributed by atoms with E-state index in [1.807, 2.05) is 32.0 Å². The third-order valence-corrected chi connectivity index (χ3v) is 9.27. The molecular weight excluding hydrogens is 576 g/mol. The number of carbonyl (C=O) groups excluding carboxylic acids is 1. The van der Waals surface area contributed by atoms with Crippen molar-refractivity contribution in [2.75, 3.05) is 13.2 Å². The van der Waals surface area contributed by atoms with Crippen molar-refractivity contribution in [2.45, 2.75) is 51.0 Å². The molecule has 0 radical (unpaired) electrons. The molecule has 0 bridgehead atoms. The Morgan fingerprint density at radius 1 is 1.13 bits per heavy atom. The lowest BCUT2D eigenvalue weighted by Gasteiger charge is -2.25. The van der Waals surface area contributed by atoms with E-state index in [0.29, 0.717) is 23.4 Å². The Hall–Kier alpha value is -2.62. The minimum Gasteiger partial charge on any atom is -0.466 e. The van der Waals surface area contributed by atoms with Gasteiger partial charge in [-0.2, -0.15) is 4.31 Å². The highest BCUT2D eigenvalue weighted by Crippen LogP contribution is 2.34. The van der Waals surface area contributed by atoms with Crippen LogP contribution in [-0.4, -0.2) is 31.8 Å². The van der Waals surface area contributed by atoms with Gasteiger partial charge in [-0.05, 0) is 78.3 Å². The number of carbonyl (C=O) groups is 1. The second-order valence-corrected chi connectivity index (χ2v) is 12.6. The molecule has 2 atom stereocenters. The molecule has 1 aliphatic heterocycles. The standard InChI is InChI=1S/C29H30BrF2NO4S/c1-4-37-29(34)15-26(25-9-8-24(31)14-27(25)32)20-6-5-19(3)22(12-20)17-33-16-18(2)11-21-13-23(30)7-10-28(21)38(33,35)36/h5-10,12-14,18,26H,4,11,15-17H2,1-3H3. The summed E-state index contributed by atoms with van der Waals surface area (Å²) in [6.45, 7) is 6.25. The maximum Gasteiger partial charge on any atom is 0.306 e. The summed E-state index contributed by atoms with van der Waals surface area (Å²) < 4.78 is 63.3. The molecule has 0 spiro atoms. The molecule has 1 heterocycles. The van der Waals surface area contributed by atoms with E-state index in [0.717, 1.165) is 33.3 Å². The van der Waals surface area contributed by atoms with Crippen molar-refractivity contribution in [1.29, 1.82) is 0 Å². The number of hydrogen-bond acceptors (Lipinski definition) is 4. The van der Waals surface area contributed by atoms with Crippen LogP contribution in [0.25, 0.3) is 0 Å². The second-order valence-electron chi connectivity index (χ2n) is 9.77. The first-order valence-corrected chi connectivity index (χ1v) is 14.7. The summed E-state index contributed by atoms with van der Waals surface area (Å²) in [5.74, 6) is -2.61. The number of rotatable bonds is 7. The van der Waals surface area contributed by atoms with E-state index in [2.05, 4.69) is 15.9 Å². The fraction of sp³-hybridized carbons (Fsp3) is 0.345. The van der Waals surface area contributed by atoms with Gasteiger partial charge in [0.15, 0.2) is 0 Å². The Morgan fingerprint density at radius 2 is 1.89 bits per heavy atom. The van der Waals surface area contributed by atoms with Crippen LogP contribution in [0.3, 0.4) is 0 Å². The first kappa shape index (κ1) is 28.4. The van der Waals surface area contributed by atoms with Crippen molar-refractivity contribution in [1.82, 2.24) is 4.31 Å². The largest absolute Gasteiger partial charge is 0.466 e. The average molecular weight is 607 g/mol. The Morgan fingerprint density at radius 3 is 2.61 bits per heavy atom. The number of ether oxygens (including phenoxy) is 1. The van der Waals surface area contributed by atoms with E-state index >= 15 is 0 Å². The van der Waals surface area contributed by atoms with E-state index in [9.17, 15) is 22.0 Å². The SMILES string of the molecule is CCOC(=O)CC(c1ccc(C)c(CN2CC(C)Cc3cc(Br)ccc3S2(=O)=O)c1)c1ccc(F)cc1F. The van der Waals surface area contributed by atoms with Gasteiger partial charge < -0.3 is 4.74 Å². The summed E-state index contributed by atoms with van der Waals surface area (Å²) in [4.78, 5) is 12.7. The van der Waals surface area contributed by atoms with Crippen LogP contribution < -0.4 is 0 Å². The lowest BCUT2D eigenvalue weighted by Crippen LogP contribution is -2.33. The molecule has 9 heteroatoms. The van der Waals surface area contributed by atoms with E-state index in [1.54, 1.807) is 25.1 Å². The summed E-state index contributed by atoms with van der Waals surface area (Å²) in [6.07, 6.45) is 0.495. The van der Waals surface area contributed by atoms with Crippen LogP contribution in [0.2, 0.25) is 0 Å². The summed E-state index contributed by atoms with van der Waals surface area (Å²) >= 11 is 3.44. The van der Waals surface area contributed by atoms with Crippen molar-refractivity contribution in [2.24, 2.45) is 5.92 Å². The molecule has 0 N–H and O–H groups in total. The summed E-state index contributed by atoms with van der Waals surface area (Å²) in [7, 11) is -3.77. The Balaban J connectivity index is 1.74. The Bertz CT molecular complexity index is 1460. The quantitative estimate of drug-likeness (QED) is 0.288. The number of halogens is 3. The number of nitrogens with zero attached hydrogens (tertiary/aromatic N) is 1. The van der Waals surface area contributed by atoms with E-state index in [-0.39, 0.29) is 31.1 Å². The summed E-state index contributed by atoms with van der Waals surface area (Å²) in [5, 5.41) is 0. The van der Waals surface area contributed by atoms with Crippen molar-refractivity contribution in [3.05, 3.63) is 98.5 Å². The predicted molar refractivity (Wildman–Crippen MR) is 145 cm³/mol. The molecular formula is C29H30BrF2NO4S. The van der Waals surface area contributed by atoms with Gasteiger partial charge in [-0.3, -0.25) is 4.79 Å². The monoisotopic (exact) mass is 605 g/mol. The van der Waals surface area contributed by atoms with Gasteiger partial charge in [0.25, 0.3) is 0 Å². The van der Waals surface area contributed by atoms with Gasteiger partial charge in [0.1, 0.15) is 11.6 Å². The average Bonchev–Trinajstić information content (AvgIpc) is 2.92. The zero-order chi connectivity index (χ0) is 27.6. The van der Waals surface area contributed by atoms with Gasteiger partial charge in [-0.15, -0.1) is 0 Å². The first-order valence-electron chi connectivity index (χ1n) is 12.5. The zero-order valence-electron chi connectivity index (χ0n) is 21.5. The van der Waals surface area contributed by atoms with Gasteiger partial charge in [-0.25, -0.2) is 17.2 Å². The van der Waals surface area contributed by atoms with Crippen LogP contribution in [-0.2, 0) is 32.5 Å². The van der Waals surface area contributed by atoms with E-state index in [1.165, 1.54) is 10.4 Å². The van der Waals surface area contributed by atoms with Crippen LogP contribution in [0, 0.1) is 24.5 Å². The highest BCUT2D eigenvalue weighted by Gasteiger charge is 2.33. The molecule has 5 nitrogen and oxygen atoms in total. The van der Waals surface area contributed by atoms with Gasteiger partial charge >= 0.3 is 5.97 Å². The molecule has 3 aromatic carbocycles. The fourth-order valence-corrected chi connectivity index (χ4v) is 7.14. The number of esters is 1. The smallest absolute Gasteiger partial charge is 0.306 e. The summed E-state index contributed by atoms with van der Waals surface area (Å²) in [6, 6.07) is 14.0. The topological polar surface area (TPSA) is 63.7 Å². The predicted octanol–water partition coefficient (Wildman–Crippen LogP) is 6.50. The van der Waals surface area contributed by atoms with Crippen LogP contribution in [0.4, 0.5) is 8.78 Å². The highest BCUT2D eigenvalue weighted by molar-refractivity contribution is 9.10. The summed E-state index contributed by atoms with van der Waals surface area (Å²) in [5.41, 5.74) is 3.18. The third kappa shape index (κ3) is 6.16. The molecule has 1 aliphatic rings. The Kier molecular flexibility index (Phi) is 8.69. The highest BCUT2D eigenvalue weighted by atomic mass is 79.9. The number of benzene rings is 3. The van der Waals surface area contributed by atoms with Gasteiger partial charge in [0, 0.05) is 29.5 Å². The first-order chi connectivity index (χ1) is 18.0. The maximum absolute atomic E-state index is 14.9. The molecule has 0 aliphatic carbocycles. The molecule has 0 fully saturated rings. The number of hydrogen-bond donors (Lipinski definition) is 0. The van der Waals surface area contributed by atoms with Crippen molar-refractivity contribution >= 4 is 31.9 Å². The van der Waals surface area contributed by atoms with Crippen molar-refractivity contribution in [3.63, 3.8) is 0 Å². The third-order valence-electron chi connectivity index (χ3n) is 6.86.